The van der Waals surface area contributed by atoms with Crippen LogP contribution in [0.25, 0.3) is 0 Å². The van der Waals surface area contributed by atoms with Crippen molar-refractivity contribution in [1.29, 1.82) is 0 Å². The number of nitrogens with zero attached hydrogens (tertiary/aromatic N) is 3. The molecule has 0 amide bonds. The zero-order valence-electron chi connectivity index (χ0n) is 11.8. The maximum absolute atomic E-state index is 13.6. The summed E-state index contributed by atoms with van der Waals surface area (Å²) in [5, 5.41) is 12.8. The van der Waals surface area contributed by atoms with E-state index < -0.39 is 21.5 Å². The Morgan fingerprint density at radius 1 is 1.22 bits per heavy atom. The Labute approximate surface area is 131 Å². The van der Waals surface area contributed by atoms with Crippen LogP contribution in [0.3, 0.4) is 0 Å². The van der Waals surface area contributed by atoms with E-state index in [1.165, 1.54) is 12.3 Å². The Morgan fingerprint density at radius 3 is 2.61 bits per heavy atom. The maximum atomic E-state index is 13.6. The van der Waals surface area contributed by atoms with Crippen LogP contribution in [-0.2, 0) is 9.84 Å². The van der Waals surface area contributed by atoms with Crippen molar-refractivity contribution in [3.05, 3.63) is 36.0 Å². The first-order valence-electron chi connectivity index (χ1n) is 6.81. The molecule has 10 heteroatoms. The van der Waals surface area contributed by atoms with E-state index in [-0.39, 0.29) is 35.0 Å². The number of hydrogen-bond acceptors (Lipinski definition) is 7. The Balaban J connectivity index is 1.75. The minimum Gasteiger partial charge on any atom is -0.349 e. The molecular weight excluding hydrogens is 328 g/mol. The van der Waals surface area contributed by atoms with Crippen LogP contribution in [0.1, 0.15) is 6.42 Å². The van der Waals surface area contributed by atoms with Crippen LogP contribution in [-0.4, -0.2) is 41.1 Å². The van der Waals surface area contributed by atoms with E-state index in [9.17, 15) is 17.2 Å². The molecule has 2 heterocycles. The van der Waals surface area contributed by atoms with Gasteiger partial charge in [-0.2, -0.15) is 10.1 Å². The number of hydrogen-bond donors (Lipinski definition) is 2. The van der Waals surface area contributed by atoms with Crippen LogP contribution in [0.2, 0.25) is 0 Å². The van der Waals surface area contributed by atoms with Crippen molar-refractivity contribution in [3.63, 3.8) is 0 Å². The fourth-order valence-corrected chi connectivity index (χ4v) is 3.94. The van der Waals surface area contributed by atoms with E-state index in [2.05, 4.69) is 25.8 Å². The molecule has 2 aromatic rings. The van der Waals surface area contributed by atoms with Crippen molar-refractivity contribution in [2.75, 3.05) is 22.1 Å². The molecule has 122 valence electrons. The second-order valence-electron chi connectivity index (χ2n) is 5.13. The van der Waals surface area contributed by atoms with Gasteiger partial charge in [-0.3, -0.25) is 0 Å². The van der Waals surface area contributed by atoms with Gasteiger partial charge in [0, 0.05) is 6.04 Å². The summed E-state index contributed by atoms with van der Waals surface area (Å²) in [6, 6.07) is 3.18. The summed E-state index contributed by atoms with van der Waals surface area (Å²) in [6.45, 7) is 0. The van der Waals surface area contributed by atoms with Gasteiger partial charge >= 0.3 is 0 Å². The molecule has 0 radical (unpaired) electrons. The smallest absolute Gasteiger partial charge is 0.244 e. The molecule has 3 rings (SSSR count). The molecule has 1 saturated heterocycles. The average Bonchev–Trinajstić information content (AvgIpc) is 2.82. The summed E-state index contributed by atoms with van der Waals surface area (Å²) < 4.78 is 50.0. The van der Waals surface area contributed by atoms with Gasteiger partial charge in [0.1, 0.15) is 17.3 Å². The van der Waals surface area contributed by atoms with E-state index in [4.69, 9.17) is 0 Å². The third-order valence-electron chi connectivity index (χ3n) is 3.34. The monoisotopic (exact) mass is 341 g/mol. The van der Waals surface area contributed by atoms with Gasteiger partial charge in [-0.15, -0.1) is 5.10 Å². The third kappa shape index (κ3) is 3.70. The van der Waals surface area contributed by atoms with Crippen LogP contribution in [0.15, 0.2) is 24.4 Å². The summed E-state index contributed by atoms with van der Waals surface area (Å²) in [7, 11) is -3.04. The molecule has 1 aliphatic rings. The van der Waals surface area contributed by atoms with Gasteiger partial charge in [-0.1, -0.05) is 6.07 Å². The lowest BCUT2D eigenvalue weighted by Crippen LogP contribution is -2.22. The molecule has 0 spiro atoms. The highest BCUT2D eigenvalue weighted by Gasteiger charge is 2.28. The summed E-state index contributed by atoms with van der Waals surface area (Å²) in [5.41, 5.74) is -0.345. The largest absolute Gasteiger partial charge is 0.349 e. The van der Waals surface area contributed by atoms with Crippen molar-refractivity contribution >= 4 is 27.3 Å². The first-order valence-corrected chi connectivity index (χ1v) is 8.63. The summed E-state index contributed by atoms with van der Waals surface area (Å²) in [6.07, 6.45) is 1.66. The molecule has 0 bridgehead atoms. The second-order valence-corrected chi connectivity index (χ2v) is 7.36. The van der Waals surface area contributed by atoms with Crippen LogP contribution in [0, 0.1) is 11.6 Å². The van der Waals surface area contributed by atoms with E-state index in [0.29, 0.717) is 6.42 Å². The van der Waals surface area contributed by atoms with E-state index in [0.717, 1.165) is 12.1 Å². The van der Waals surface area contributed by atoms with Gasteiger partial charge in [0.05, 0.1) is 17.7 Å². The summed E-state index contributed by atoms with van der Waals surface area (Å²) >= 11 is 0. The van der Waals surface area contributed by atoms with Crippen molar-refractivity contribution in [2.45, 2.75) is 12.5 Å². The lowest BCUT2D eigenvalue weighted by atomic mass is 10.3. The van der Waals surface area contributed by atoms with E-state index >= 15 is 0 Å². The zero-order chi connectivity index (χ0) is 16.4. The number of halogens is 2. The Bertz CT molecular complexity index is 811. The van der Waals surface area contributed by atoms with E-state index in [1.807, 2.05) is 0 Å². The Morgan fingerprint density at radius 2 is 1.96 bits per heavy atom. The first kappa shape index (κ1) is 15.5. The van der Waals surface area contributed by atoms with Crippen LogP contribution < -0.4 is 10.6 Å². The standard InChI is InChI=1S/C13H13F2N5O2S/c14-9-2-1-3-10(15)12(9)18-11-6-16-20-13(19-11)17-8-4-5-23(21,22)7-8/h1-3,6,8H,4-5,7H2,(H2,17,18,19,20). The molecule has 2 N–H and O–H groups in total. The number of benzene rings is 1. The second kappa shape index (κ2) is 6.03. The summed E-state index contributed by atoms with van der Waals surface area (Å²) in [4.78, 5) is 4.04. The highest BCUT2D eigenvalue weighted by Crippen LogP contribution is 2.22. The molecule has 7 nitrogen and oxygen atoms in total. The van der Waals surface area contributed by atoms with Gasteiger partial charge in [-0.05, 0) is 18.6 Å². The van der Waals surface area contributed by atoms with E-state index in [1.54, 1.807) is 0 Å². The van der Waals surface area contributed by atoms with Crippen LogP contribution in [0.4, 0.5) is 26.2 Å². The topological polar surface area (TPSA) is 96.9 Å². The van der Waals surface area contributed by atoms with Gasteiger partial charge in [0.2, 0.25) is 5.95 Å². The molecule has 23 heavy (non-hydrogen) atoms. The maximum Gasteiger partial charge on any atom is 0.244 e. The molecule has 1 aliphatic heterocycles. The molecular formula is C13H13F2N5O2S. The van der Waals surface area contributed by atoms with Gasteiger partial charge < -0.3 is 10.6 Å². The minimum atomic E-state index is -3.04. The van der Waals surface area contributed by atoms with Crippen molar-refractivity contribution in [3.8, 4) is 0 Å². The van der Waals surface area contributed by atoms with Crippen LogP contribution in [0.5, 0.6) is 0 Å². The number of para-hydroxylation sites is 1. The van der Waals surface area contributed by atoms with Crippen LogP contribution >= 0.6 is 0 Å². The fourth-order valence-electron chi connectivity index (χ4n) is 2.26. The lowest BCUT2D eigenvalue weighted by Gasteiger charge is -2.11. The van der Waals surface area contributed by atoms with Crippen molar-refractivity contribution in [1.82, 2.24) is 15.2 Å². The molecule has 0 saturated carbocycles. The molecule has 0 aliphatic carbocycles. The first-order chi connectivity index (χ1) is 10.9. The molecule has 1 aromatic heterocycles. The average molecular weight is 341 g/mol. The quantitative estimate of drug-likeness (QED) is 0.869. The highest BCUT2D eigenvalue weighted by atomic mass is 32.2. The number of anilines is 3. The Kier molecular flexibility index (Phi) is 4.07. The number of nitrogens with one attached hydrogen (secondary N) is 2. The fraction of sp³-hybridized carbons (Fsp3) is 0.308. The Hall–Kier alpha value is -2.36. The van der Waals surface area contributed by atoms with Gasteiger partial charge in [0.15, 0.2) is 15.7 Å². The normalized spacial score (nSPS) is 19.5. The predicted octanol–water partition coefficient (Wildman–Crippen LogP) is 1.49. The van der Waals surface area contributed by atoms with Crippen molar-refractivity contribution < 1.29 is 17.2 Å². The molecule has 1 atom stereocenters. The van der Waals surface area contributed by atoms with Gasteiger partial charge in [-0.25, -0.2) is 17.2 Å². The number of aromatic nitrogens is 3. The SMILES string of the molecule is O=S1(=O)CCC(Nc2nncc(Nc3c(F)cccc3F)n2)C1. The number of rotatable bonds is 4. The molecule has 1 aromatic carbocycles. The highest BCUT2D eigenvalue weighted by molar-refractivity contribution is 7.91. The zero-order valence-corrected chi connectivity index (χ0v) is 12.6. The third-order valence-corrected chi connectivity index (χ3v) is 5.11. The van der Waals surface area contributed by atoms with Gasteiger partial charge in [0.25, 0.3) is 0 Å². The molecule has 1 fully saturated rings. The lowest BCUT2D eigenvalue weighted by molar-refractivity contribution is 0.590. The molecule has 1 unspecified atom stereocenters. The summed E-state index contributed by atoms with van der Waals surface area (Å²) in [5.74, 6) is -1.24. The number of sulfone groups is 1. The van der Waals surface area contributed by atoms with Crippen molar-refractivity contribution in [2.24, 2.45) is 0 Å². The predicted molar refractivity (Wildman–Crippen MR) is 80.1 cm³/mol. The minimum absolute atomic E-state index is 0.00401.